The van der Waals surface area contributed by atoms with E-state index in [4.69, 9.17) is 0 Å². The summed E-state index contributed by atoms with van der Waals surface area (Å²) >= 11 is 0. The summed E-state index contributed by atoms with van der Waals surface area (Å²) in [6, 6.07) is 0. The average Bonchev–Trinajstić information content (AvgIpc) is 2.11. The highest BCUT2D eigenvalue weighted by Gasteiger charge is 1.98. The molecule has 4 heteroatoms. The molecule has 0 amide bonds. The van der Waals surface area contributed by atoms with Gasteiger partial charge in [0.1, 0.15) is 0 Å². The highest BCUT2D eigenvalue weighted by atomic mass is 16.4. The van der Waals surface area contributed by atoms with Crippen molar-refractivity contribution in [1.29, 1.82) is 0 Å². The number of carboxylic acid groups (broad SMARTS) is 2. The molecule has 0 saturated heterocycles. The molecule has 0 aliphatic rings. The fraction of sp³-hybridized carbons (Fsp3) is 0.400. The normalized spacial score (nSPS) is 9.43. The van der Waals surface area contributed by atoms with Crippen LogP contribution in [0.4, 0.5) is 0 Å². The predicted octanol–water partition coefficient (Wildman–Crippen LogP) is -0.841. The van der Waals surface area contributed by atoms with Crippen molar-refractivity contribution in [2.75, 3.05) is 0 Å². The number of carboxylic acids is 2. The topological polar surface area (TPSA) is 80.3 Å². The molecule has 0 aromatic rings. The number of hydrogen-bond acceptors (Lipinski definition) is 4. The highest BCUT2D eigenvalue weighted by molar-refractivity contribution is 5.84. The summed E-state index contributed by atoms with van der Waals surface area (Å²) in [5.74, 6) is -2.52. The molecule has 0 heterocycles. The van der Waals surface area contributed by atoms with Crippen LogP contribution in [0, 0.1) is 0 Å². The van der Waals surface area contributed by atoms with Crippen LogP contribution >= 0.6 is 0 Å². The van der Waals surface area contributed by atoms with Crippen LogP contribution in [0.2, 0.25) is 0 Å². The van der Waals surface area contributed by atoms with Gasteiger partial charge < -0.3 is 19.8 Å². The van der Waals surface area contributed by atoms with E-state index in [9.17, 15) is 19.8 Å². The largest absolute Gasteiger partial charge is 0.545 e. The second-order valence-corrected chi connectivity index (χ2v) is 2.99. The molecule has 0 aromatic carbocycles. The maximum atomic E-state index is 10.2. The van der Waals surface area contributed by atoms with E-state index in [1.807, 2.05) is 0 Å². The Balaban J connectivity index is 3.57. The summed E-state index contributed by atoms with van der Waals surface area (Å²) in [4.78, 5) is 20.4. The van der Waals surface area contributed by atoms with Gasteiger partial charge in [-0.25, -0.2) is 0 Å². The molecule has 0 bridgehead atoms. The Bertz CT molecular complexity index is 237. The van der Waals surface area contributed by atoms with Crippen molar-refractivity contribution >= 4 is 11.9 Å². The number of carbonyl (C=O) groups is 2. The Morgan fingerprint density at radius 1 is 0.857 bits per heavy atom. The number of aliphatic carboxylic acids is 2. The maximum Gasteiger partial charge on any atom is 0.0668 e. The van der Waals surface area contributed by atoms with Crippen LogP contribution in [0.15, 0.2) is 24.3 Å². The molecule has 0 aliphatic carbocycles. The summed E-state index contributed by atoms with van der Waals surface area (Å²) in [5.41, 5.74) is 0.0631. The van der Waals surface area contributed by atoms with Gasteiger partial charge in [0.15, 0.2) is 0 Å². The van der Waals surface area contributed by atoms with Gasteiger partial charge >= 0.3 is 0 Å². The Morgan fingerprint density at radius 2 is 1.14 bits per heavy atom. The molecule has 0 unspecified atom stereocenters. The molecule has 0 fully saturated rings. The molecule has 0 spiro atoms. The fourth-order valence-corrected chi connectivity index (χ4v) is 0.881. The van der Waals surface area contributed by atoms with Crippen molar-refractivity contribution in [3.05, 3.63) is 24.3 Å². The van der Waals surface area contributed by atoms with Gasteiger partial charge in [0.25, 0.3) is 0 Å². The number of rotatable bonds is 7. The standard InChI is InChI=1S/C10H14O4/c1-7(9(11)12)5-3-4-6-8(2)10(13)14/h1-6H2,(H,11,12)(H,13,14)/p-2. The van der Waals surface area contributed by atoms with Crippen LogP contribution in [0.25, 0.3) is 0 Å². The SMILES string of the molecule is C=C(CCCCC(=C)C(=O)[O-])C(=O)[O-]. The first-order valence-corrected chi connectivity index (χ1v) is 4.23. The molecule has 0 aliphatic heterocycles. The molecule has 0 radical (unpaired) electrons. The first-order valence-electron chi connectivity index (χ1n) is 4.23. The molecule has 0 rings (SSSR count). The quantitative estimate of drug-likeness (QED) is 0.392. The molecular weight excluding hydrogens is 184 g/mol. The molecule has 4 nitrogen and oxygen atoms in total. The van der Waals surface area contributed by atoms with E-state index in [-0.39, 0.29) is 11.1 Å². The zero-order valence-electron chi connectivity index (χ0n) is 7.88. The Kier molecular flexibility index (Phi) is 5.29. The van der Waals surface area contributed by atoms with E-state index >= 15 is 0 Å². The summed E-state index contributed by atoms with van der Waals surface area (Å²) in [6.45, 7) is 6.59. The minimum atomic E-state index is -1.26. The fourth-order valence-electron chi connectivity index (χ4n) is 0.881. The lowest BCUT2D eigenvalue weighted by molar-refractivity contribution is -0.300. The zero-order chi connectivity index (χ0) is 11.1. The maximum absolute atomic E-state index is 10.2. The summed E-state index contributed by atoms with van der Waals surface area (Å²) in [7, 11) is 0. The van der Waals surface area contributed by atoms with Crippen LogP contribution in [-0.4, -0.2) is 11.9 Å². The van der Waals surface area contributed by atoms with E-state index in [0.717, 1.165) is 0 Å². The van der Waals surface area contributed by atoms with Crippen LogP contribution in [-0.2, 0) is 9.59 Å². The number of unbranched alkanes of at least 4 members (excludes halogenated alkanes) is 1. The lowest BCUT2D eigenvalue weighted by atomic mass is 10.1. The van der Waals surface area contributed by atoms with Gasteiger partial charge in [0.2, 0.25) is 0 Å². The molecule has 78 valence electrons. The predicted molar refractivity (Wildman–Crippen MR) is 46.8 cm³/mol. The minimum absolute atomic E-state index is 0.0315. The van der Waals surface area contributed by atoms with Gasteiger partial charge in [-0.1, -0.05) is 13.2 Å². The zero-order valence-corrected chi connectivity index (χ0v) is 7.88. The minimum Gasteiger partial charge on any atom is -0.545 e. The van der Waals surface area contributed by atoms with E-state index in [0.29, 0.717) is 25.7 Å². The molecule has 0 N–H and O–H groups in total. The van der Waals surface area contributed by atoms with Crippen molar-refractivity contribution in [2.45, 2.75) is 25.7 Å². The van der Waals surface area contributed by atoms with Crippen molar-refractivity contribution in [3.8, 4) is 0 Å². The van der Waals surface area contributed by atoms with E-state index in [1.165, 1.54) is 0 Å². The third-order valence-electron chi connectivity index (χ3n) is 1.78. The molecule has 0 atom stereocenters. The number of hydrogen-bond donors (Lipinski definition) is 0. The number of carbonyl (C=O) groups excluding carboxylic acids is 2. The first-order chi connectivity index (χ1) is 6.45. The average molecular weight is 196 g/mol. The highest BCUT2D eigenvalue weighted by Crippen LogP contribution is 2.09. The summed E-state index contributed by atoms with van der Waals surface area (Å²) < 4.78 is 0. The van der Waals surface area contributed by atoms with Crippen molar-refractivity contribution < 1.29 is 19.8 Å². The van der Waals surface area contributed by atoms with E-state index in [2.05, 4.69) is 13.2 Å². The second kappa shape index (κ2) is 5.96. The lowest BCUT2D eigenvalue weighted by Gasteiger charge is -2.07. The van der Waals surface area contributed by atoms with E-state index < -0.39 is 11.9 Å². The van der Waals surface area contributed by atoms with Crippen LogP contribution in [0.5, 0.6) is 0 Å². The van der Waals surface area contributed by atoms with E-state index in [1.54, 1.807) is 0 Å². The smallest absolute Gasteiger partial charge is 0.0668 e. The van der Waals surface area contributed by atoms with Gasteiger partial charge in [-0.2, -0.15) is 0 Å². The van der Waals surface area contributed by atoms with Crippen LogP contribution in [0.1, 0.15) is 25.7 Å². The lowest BCUT2D eigenvalue weighted by Crippen LogP contribution is -2.24. The third kappa shape index (κ3) is 5.13. The van der Waals surface area contributed by atoms with Crippen molar-refractivity contribution in [2.24, 2.45) is 0 Å². The van der Waals surface area contributed by atoms with Crippen LogP contribution in [0.3, 0.4) is 0 Å². The molecule has 14 heavy (non-hydrogen) atoms. The second-order valence-electron chi connectivity index (χ2n) is 2.99. The molecule has 0 saturated carbocycles. The summed E-state index contributed by atoms with van der Waals surface area (Å²) in [5, 5.41) is 20.4. The van der Waals surface area contributed by atoms with Crippen molar-refractivity contribution in [1.82, 2.24) is 0 Å². The van der Waals surface area contributed by atoms with Crippen molar-refractivity contribution in [3.63, 3.8) is 0 Å². The Morgan fingerprint density at radius 3 is 1.36 bits per heavy atom. The summed E-state index contributed by atoms with van der Waals surface area (Å²) in [6.07, 6.45) is 1.73. The molecular formula is C10H12O4-2. The Labute approximate surface area is 82.6 Å². The van der Waals surface area contributed by atoms with Gasteiger partial charge in [0.05, 0.1) is 11.9 Å². The molecule has 0 aromatic heterocycles. The van der Waals surface area contributed by atoms with Gasteiger partial charge in [0, 0.05) is 0 Å². The van der Waals surface area contributed by atoms with Gasteiger partial charge in [-0.15, -0.1) is 0 Å². The monoisotopic (exact) mass is 196 g/mol. The Hall–Kier alpha value is -1.58. The van der Waals surface area contributed by atoms with Gasteiger partial charge in [-0.05, 0) is 36.8 Å². The first kappa shape index (κ1) is 12.4. The third-order valence-corrected chi connectivity index (χ3v) is 1.78. The van der Waals surface area contributed by atoms with Crippen LogP contribution < -0.4 is 10.2 Å². The van der Waals surface area contributed by atoms with Gasteiger partial charge in [-0.3, -0.25) is 0 Å².